The number of pyridine rings is 1. The molecule has 0 bridgehead atoms. The Morgan fingerprint density at radius 3 is 0.833 bits per heavy atom. The standard InChI is InChI=1S/C99H61N9/c1-3-24-62(25-4-1)83-60-84(102-99(101-83)63-26-5-2-6-27-63)65-29-23-28-64(54-65)78-59-98(108-95-52-48-68(105-89-42-19-11-34-74(89)75-35-12-20-43-90(75)105)57-81(95)82-58-69(49-53-96(82)108)106-91-44-21-13-36-76(91)77-37-14-22-45-92(77)106)100-61-97(78)107-93-50-46-66(103-85-38-15-7-30-70(85)71-31-8-16-39-86(71)103)55-79(93)80-56-67(47-51-94(80)107)104-87-40-17-9-32-72(87)73-33-10-18-41-88(73)104/h1-61H. The number of para-hydroxylation sites is 8. The minimum absolute atomic E-state index is 0.657. The SMILES string of the molecule is c1ccc(-c2cc(-c3cccc(-c4cc(-n5c6ccc(-n7c8ccccc8c8ccccc87)cc6c6cc(-n7c8ccccc8c8ccccc87)ccc65)ncc4-n4c5ccc(-n6c7ccccc7c7ccccc76)cc5c5cc(-n6c7ccccc7c7ccccc76)ccc54)c3)nc(-c3ccccc3)n2)cc1. The fourth-order valence-electron chi connectivity index (χ4n) is 17.7. The second-order valence-corrected chi connectivity index (χ2v) is 28.3. The van der Waals surface area contributed by atoms with Crippen molar-refractivity contribution in [3.8, 4) is 79.3 Å². The Hall–Kier alpha value is -14.7. The van der Waals surface area contributed by atoms with Gasteiger partial charge in [0.2, 0.25) is 0 Å². The van der Waals surface area contributed by atoms with Crippen molar-refractivity contribution in [2.75, 3.05) is 0 Å². The van der Waals surface area contributed by atoms with E-state index in [1.807, 2.05) is 12.1 Å². The molecule has 0 N–H and O–H groups in total. The molecular formula is C99H61N9. The molecule has 23 rings (SSSR count). The smallest absolute Gasteiger partial charge is 0.160 e. The van der Waals surface area contributed by atoms with Crippen LogP contribution in [0.3, 0.4) is 0 Å². The molecule has 8 aromatic heterocycles. The van der Waals surface area contributed by atoms with Crippen molar-refractivity contribution in [3.63, 3.8) is 0 Å². The van der Waals surface area contributed by atoms with Crippen molar-refractivity contribution in [2.24, 2.45) is 0 Å². The monoisotopic (exact) mass is 1380 g/mol. The van der Waals surface area contributed by atoms with Gasteiger partial charge in [-0.2, -0.15) is 0 Å². The van der Waals surface area contributed by atoms with E-state index in [1.54, 1.807) is 0 Å². The van der Waals surface area contributed by atoms with Gasteiger partial charge in [0.25, 0.3) is 0 Å². The third-order valence-corrected chi connectivity index (χ3v) is 22.5. The van der Waals surface area contributed by atoms with Gasteiger partial charge < -0.3 is 22.8 Å². The summed E-state index contributed by atoms with van der Waals surface area (Å²) in [5.41, 5.74) is 25.2. The molecule has 108 heavy (non-hydrogen) atoms. The first-order chi connectivity index (χ1) is 53.6. The Bertz CT molecular complexity index is 7080. The molecule has 0 unspecified atom stereocenters. The van der Waals surface area contributed by atoms with Crippen LogP contribution >= 0.6 is 0 Å². The Labute approximate surface area is 618 Å². The fourth-order valence-corrected chi connectivity index (χ4v) is 17.7. The lowest BCUT2D eigenvalue weighted by molar-refractivity contribution is 1.05. The summed E-state index contributed by atoms with van der Waals surface area (Å²) >= 11 is 0. The zero-order valence-corrected chi connectivity index (χ0v) is 58.2. The van der Waals surface area contributed by atoms with E-state index < -0.39 is 0 Å². The summed E-state index contributed by atoms with van der Waals surface area (Å²) in [6, 6.07) is 132. The Morgan fingerprint density at radius 1 is 0.185 bits per heavy atom. The van der Waals surface area contributed by atoms with Gasteiger partial charge in [0.15, 0.2) is 5.82 Å². The largest absolute Gasteiger partial charge is 0.309 e. The highest BCUT2D eigenvalue weighted by Crippen LogP contribution is 2.46. The van der Waals surface area contributed by atoms with Gasteiger partial charge in [-0.3, -0.25) is 4.57 Å². The highest BCUT2D eigenvalue weighted by Gasteiger charge is 2.26. The van der Waals surface area contributed by atoms with Gasteiger partial charge in [0, 0.05) is 110 Å². The molecule has 0 saturated heterocycles. The first kappa shape index (κ1) is 59.8. The second-order valence-electron chi connectivity index (χ2n) is 28.3. The number of aromatic nitrogens is 9. The summed E-state index contributed by atoms with van der Waals surface area (Å²) in [5.74, 6) is 1.43. The average molecular weight is 1380 g/mol. The second kappa shape index (κ2) is 23.4. The number of benzene rings is 15. The lowest BCUT2D eigenvalue weighted by atomic mass is 9.99. The van der Waals surface area contributed by atoms with Crippen LogP contribution in [0.2, 0.25) is 0 Å². The topological polar surface area (TPSA) is 68.2 Å². The predicted octanol–water partition coefficient (Wildman–Crippen LogP) is 25.1. The van der Waals surface area contributed by atoms with Gasteiger partial charge in [-0.05, 0) is 145 Å². The minimum Gasteiger partial charge on any atom is -0.309 e. The van der Waals surface area contributed by atoms with E-state index in [0.29, 0.717) is 5.82 Å². The molecule has 23 aromatic rings. The number of nitrogens with zero attached hydrogens (tertiary/aromatic N) is 9. The van der Waals surface area contributed by atoms with Gasteiger partial charge in [0.05, 0.1) is 89.5 Å². The van der Waals surface area contributed by atoms with E-state index in [1.165, 1.54) is 43.1 Å². The molecule has 0 aliphatic rings. The van der Waals surface area contributed by atoms with Crippen molar-refractivity contribution >= 4 is 131 Å². The van der Waals surface area contributed by atoms with E-state index in [9.17, 15) is 0 Å². The predicted molar refractivity (Wildman–Crippen MR) is 448 cm³/mol. The van der Waals surface area contributed by atoms with Crippen LogP contribution in [0.5, 0.6) is 0 Å². The van der Waals surface area contributed by atoms with Crippen molar-refractivity contribution in [1.82, 2.24) is 42.4 Å². The average Bonchev–Trinajstić information content (AvgIpc) is 1.57. The number of hydrogen-bond donors (Lipinski definition) is 0. The summed E-state index contributed by atoms with van der Waals surface area (Å²) in [4.78, 5) is 16.5. The first-order valence-electron chi connectivity index (χ1n) is 36.8. The maximum atomic E-state index is 5.81. The summed E-state index contributed by atoms with van der Waals surface area (Å²) in [6.45, 7) is 0. The summed E-state index contributed by atoms with van der Waals surface area (Å²) in [6.07, 6.45) is 2.13. The Kier molecular flexibility index (Phi) is 13.0. The van der Waals surface area contributed by atoms with Gasteiger partial charge in [-0.25, -0.2) is 15.0 Å². The molecule has 9 nitrogen and oxygen atoms in total. The van der Waals surface area contributed by atoms with E-state index >= 15 is 0 Å². The molecule has 15 aromatic carbocycles. The molecule has 0 aliphatic carbocycles. The zero-order valence-electron chi connectivity index (χ0n) is 58.2. The number of rotatable bonds is 10. The van der Waals surface area contributed by atoms with Crippen LogP contribution < -0.4 is 0 Å². The Balaban J connectivity index is 0.801. The van der Waals surface area contributed by atoms with Crippen LogP contribution in [-0.4, -0.2) is 42.4 Å². The van der Waals surface area contributed by atoms with E-state index in [0.717, 1.165) is 161 Å². The van der Waals surface area contributed by atoms with Crippen LogP contribution in [0.1, 0.15) is 0 Å². The van der Waals surface area contributed by atoms with Gasteiger partial charge in [-0.1, -0.05) is 224 Å². The van der Waals surface area contributed by atoms with Crippen LogP contribution in [0, 0.1) is 0 Å². The highest BCUT2D eigenvalue weighted by molar-refractivity contribution is 6.17. The van der Waals surface area contributed by atoms with Crippen molar-refractivity contribution < 1.29 is 0 Å². The number of fused-ring (bicyclic) bond motifs is 18. The molecule has 9 heteroatoms. The molecule has 0 fully saturated rings. The van der Waals surface area contributed by atoms with Gasteiger partial charge in [-0.15, -0.1) is 0 Å². The van der Waals surface area contributed by atoms with Gasteiger partial charge in [0.1, 0.15) is 5.82 Å². The lowest BCUT2D eigenvalue weighted by Gasteiger charge is -2.18. The number of hydrogen-bond acceptors (Lipinski definition) is 3. The summed E-state index contributed by atoms with van der Waals surface area (Å²) in [7, 11) is 0. The molecular weight excluding hydrogens is 1320 g/mol. The third kappa shape index (κ3) is 8.96. The summed E-state index contributed by atoms with van der Waals surface area (Å²) < 4.78 is 14.6. The van der Waals surface area contributed by atoms with Crippen molar-refractivity contribution in [1.29, 1.82) is 0 Å². The third-order valence-electron chi connectivity index (χ3n) is 22.5. The molecule has 0 atom stereocenters. The van der Waals surface area contributed by atoms with E-state index in [2.05, 4.69) is 385 Å². The maximum absolute atomic E-state index is 5.81. The molecule has 0 saturated carbocycles. The molecule has 0 spiro atoms. The van der Waals surface area contributed by atoms with Gasteiger partial charge >= 0.3 is 0 Å². The van der Waals surface area contributed by atoms with Crippen molar-refractivity contribution in [3.05, 3.63) is 370 Å². The summed E-state index contributed by atoms with van der Waals surface area (Å²) in [5, 5.41) is 14.2. The van der Waals surface area contributed by atoms with Crippen LogP contribution in [0.4, 0.5) is 0 Å². The first-order valence-corrected chi connectivity index (χ1v) is 36.8. The minimum atomic E-state index is 0.657. The van der Waals surface area contributed by atoms with E-state index in [-0.39, 0.29) is 0 Å². The quantitative estimate of drug-likeness (QED) is 0.137. The van der Waals surface area contributed by atoms with Crippen molar-refractivity contribution in [2.45, 2.75) is 0 Å². The van der Waals surface area contributed by atoms with Crippen LogP contribution in [-0.2, 0) is 0 Å². The highest BCUT2D eigenvalue weighted by atomic mass is 15.1. The molecule has 0 radical (unpaired) electrons. The zero-order chi connectivity index (χ0) is 70.7. The van der Waals surface area contributed by atoms with Crippen LogP contribution in [0.15, 0.2) is 370 Å². The molecule has 0 aliphatic heterocycles. The molecule has 8 heterocycles. The maximum Gasteiger partial charge on any atom is 0.160 e. The van der Waals surface area contributed by atoms with Crippen LogP contribution in [0.25, 0.3) is 210 Å². The normalized spacial score (nSPS) is 12.1. The fraction of sp³-hybridized carbons (Fsp3) is 0. The lowest BCUT2D eigenvalue weighted by Crippen LogP contribution is -2.04. The molecule has 0 amide bonds. The van der Waals surface area contributed by atoms with E-state index in [4.69, 9.17) is 15.0 Å². The molecule has 502 valence electrons. The Morgan fingerprint density at radius 2 is 0.472 bits per heavy atom.